The summed E-state index contributed by atoms with van der Waals surface area (Å²) >= 11 is 0. The van der Waals surface area contributed by atoms with Crippen LogP contribution in [0.4, 0.5) is 0 Å². The first-order valence-corrected chi connectivity index (χ1v) is 4.07. The lowest BCUT2D eigenvalue weighted by Gasteiger charge is -2.21. The largest absolute Gasteiger partial charge is 0.306 e. The van der Waals surface area contributed by atoms with Crippen LogP contribution in [0.3, 0.4) is 0 Å². The van der Waals surface area contributed by atoms with E-state index < -0.39 is 0 Å². The van der Waals surface area contributed by atoms with Crippen molar-refractivity contribution in [2.75, 3.05) is 6.54 Å². The zero-order chi connectivity index (χ0) is 9.03. The maximum Gasteiger partial charge on any atom is 0.0488 e. The molecule has 1 heterocycles. The third-order valence-corrected chi connectivity index (χ3v) is 1.43. The van der Waals surface area contributed by atoms with E-state index in [1.807, 2.05) is 6.08 Å². The standard InChI is InChI=1S/C9H15N3/c1-9(2,3)10-7-8-5-4-6-11-12-8/h4-5,10,12H,7H2,1-3H3. The Kier molecular flexibility index (Phi) is 2.69. The Bertz CT molecular complexity index is 239. The number of hydrazone groups is 1. The second-order valence-corrected chi connectivity index (χ2v) is 3.81. The molecule has 1 rings (SSSR count). The van der Waals surface area contributed by atoms with E-state index in [0.29, 0.717) is 0 Å². The third kappa shape index (κ3) is 3.37. The Balaban J connectivity index is 2.34. The van der Waals surface area contributed by atoms with Gasteiger partial charge in [-0.1, -0.05) is 0 Å². The highest BCUT2D eigenvalue weighted by atomic mass is 15.3. The number of rotatable bonds is 2. The van der Waals surface area contributed by atoms with Crippen LogP contribution in [0.25, 0.3) is 0 Å². The maximum atomic E-state index is 3.80. The second kappa shape index (κ2) is 3.57. The summed E-state index contributed by atoms with van der Waals surface area (Å²) in [7, 11) is 0. The molecule has 0 spiro atoms. The lowest BCUT2D eigenvalue weighted by atomic mass is 10.1. The predicted octanol–water partition coefficient (Wildman–Crippen LogP) is 1.00. The summed E-state index contributed by atoms with van der Waals surface area (Å²) in [5.74, 6) is 2.70. The molecule has 0 aromatic rings. The molecule has 3 heteroatoms. The van der Waals surface area contributed by atoms with Gasteiger partial charge < -0.3 is 5.32 Å². The molecule has 0 unspecified atom stereocenters. The molecule has 0 radical (unpaired) electrons. The molecule has 3 nitrogen and oxygen atoms in total. The van der Waals surface area contributed by atoms with E-state index in [1.54, 1.807) is 6.08 Å². The van der Waals surface area contributed by atoms with Crippen LogP contribution in [-0.2, 0) is 0 Å². The number of allylic oxidation sites excluding steroid dienone is 2. The fraction of sp³-hybridized carbons (Fsp3) is 0.556. The quantitative estimate of drug-likeness (QED) is 0.640. The highest BCUT2D eigenvalue weighted by Crippen LogP contribution is 2.00. The maximum absolute atomic E-state index is 3.80. The van der Waals surface area contributed by atoms with Crippen molar-refractivity contribution < 1.29 is 0 Å². The van der Waals surface area contributed by atoms with Crippen molar-refractivity contribution in [1.82, 2.24) is 10.7 Å². The van der Waals surface area contributed by atoms with Gasteiger partial charge in [-0.2, -0.15) is 0 Å². The van der Waals surface area contributed by atoms with Crippen molar-refractivity contribution >= 4 is 5.87 Å². The van der Waals surface area contributed by atoms with Crippen molar-refractivity contribution in [3.63, 3.8) is 0 Å². The van der Waals surface area contributed by atoms with Crippen LogP contribution in [0, 0.1) is 0 Å². The van der Waals surface area contributed by atoms with Crippen LogP contribution in [-0.4, -0.2) is 18.0 Å². The average molecular weight is 165 g/mol. The second-order valence-electron chi connectivity index (χ2n) is 3.81. The van der Waals surface area contributed by atoms with Crippen molar-refractivity contribution in [1.29, 1.82) is 0 Å². The third-order valence-electron chi connectivity index (χ3n) is 1.43. The van der Waals surface area contributed by atoms with Crippen LogP contribution in [0.15, 0.2) is 23.0 Å². The van der Waals surface area contributed by atoms with E-state index in [9.17, 15) is 0 Å². The summed E-state index contributed by atoms with van der Waals surface area (Å²) < 4.78 is 0. The normalized spacial score (nSPS) is 15.8. The van der Waals surface area contributed by atoms with Gasteiger partial charge in [0.15, 0.2) is 0 Å². The molecule has 1 aliphatic rings. The van der Waals surface area contributed by atoms with E-state index in [4.69, 9.17) is 0 Å². The molecular formula is C9H15N3. The molecular weight excluding hydrogens is 150 g/mol. The van der Waals surface area contributed by atoms with Crippen molar-refractivity contribution in [3.8, 4) is 0 Å². The van der Waals surface area contributed by atoms with Crippen LogP contribution in [0.1, 0.15) is 20.8 Å². The van der Waals surface area contributed by atoms with Gasteiger partial charge in [0, 0.05) is 29.7 Å². The number of nitrogens with one attached hydrogen (secondary N) is 2. The Morgan fingerprint density at radius 1 is 1.58 bits per heavy atom. The Morgan fingerprint density at radius 3 is 2.83 bits per heavy atom. The Hall–Kier alpha value is -1.05. The van der Waals surface area contributed by atoms with Gasteiger partial charge in [-0.15, -0.1) is 5.10 Å². The fourth-order valence-electron chi connectivity index (χ4n) is 0.775. The smallest absolute Gasteiger partial charge is 0.0488 e. The van der Waals surface area contributed by atoms with E-state index in [2.05, 4.69) is 42.5 Å². The molecule has 0 aliphatic carbocycles. The molecule has 0 aromatic heterocycles. The zero-order valence-corrected chi connectivity index (χ0v) is 7.81. The summed E-state index contributed by atoms with van der Waals surface area (Å²) in [5.41, 5.74) is 4.09. The molecule has 0 saturated heterocycles. The average Bonchev–Trinajstić information content (AvgIpc) is 2.02. The van der Waals surface area contributed by atoms with Gasteiger partial charge in [0.1, 0.15) is 0 Å². The Labute approximate surface area is 73.2 Å². The first-order chi connectivity index (χ1) is 5.58. The first kappa shape index (κ1) is 9.04. The van der Waals surface area contributed by atoms with Gasteiger partial charge in [0.25, 0.3) is 0 Å². The number of hydrogen-bond acceptors (Lipinski definition) is 3. The molecule has 12 heavy (non-hydrogen) atoms. The number of nitrogens with zero attached hydrogens (tertiary/aromatic N) is 1. The summed E-state index contributed by atoms with van der Waals surface area (Å²) in [5, 5.41) is 7.15. The minimum absolute atomic E-state index is 0.146. The predicted molar refractivity (Wildman–Crippen MR) is 51.0 cm³/mol. The minimum atomic E-state index is 0.146. The highest BCUT2D eigenvalue weighted by Gasteiger charge is 2.08. The Morgan fingerprint density at radius 2 is 2.33 bits per heavy atom. The van der Waals surface area contributed by atoms with E-state index in [-0.39, 0.29) is 5.54 Å². The van der Waals surface area contributed by atoms with Crippen molar-refractivity contribution in [2.45, 2.75) is 26.3 Å². The van der Waals surface area contributed by atoms with E-state index in [1.165, 1.54) is 0 Å². The van der Waals surface area contributed by atoms with Gasteiger partial charge >= 0.3 is 0 Å². The van der Waals surface area contributed by atoms with E-state index in [0.717, 1.165) is 12.2 Å². The topological polar surface area (TPSA) is 36.4 Å². The van der Waals surface area contributed by atoms with Crippen LogP contribution < -0.4 is 10.7 Å². The molecule has 0 aromatic carbocycles. The molecule has 0 bridgehead atoms. The van der Waals surface area contributed by atoms with Crippen LogP contribution in [0.2, 0.25) is 0 Å². The molecule has 0 amide bonds. The SMILES string of the molecule is CC(C)(C)NCC1=CC=C=NN1. The molecule has 2 N–H and O–H groups in total. The van der Waals surface area contributed by atoms with E-state index >= 15 is 0 Å². The molecule has 1 aliphatic heterocycles. The van der Waals surface area contributed by atoms with Gasteiger partial charge in [-0.3, -0.25) is 5.43 Å². The summed E-state index contributed by atoms with van der Waals surface area (Å²) in [6.45, 7) is 7.21. The molecule has 0 atom stereocenters. The van der Waals surface area contributed by atoms with Gasteiger partial charge in [0.2, 0.25) is 0 Å². The molecule has 66 valence electrons. The van der Waals surface area contributed by atoms with Gasteiger partial charge in [-0.25, -0.2) is 0 Å². The van der Waals surface area contributed by atoms with Gasteiger partial charge in [-0.05, 0) is 26.8 Å². The molecule has 0 fully saturated rings. The lowest BCUT2D eigenvalue weighted by Crippen LogP contribution is -2.38. The minimum Gasteiger partial charge on any atom is -0.306 e. The van der Waals surface area contributed by atoms with Crippen molar-refractivity contribution in [3.05, 3.63) is 17.8 Å². The zero-order valence-electron chi connectivity index (χ0n) is 7.81. The van der Waals surface area contributed by atoms with Gasteiger partial charge in [0.05, 0.1) is 0 Å². The highest BCUT2D eigenvalue weighted by molar-refractivity contribution is 5.56. The number of hydrogen-bond donors (Lipinski definition) is 2. The van der Waals surface area contributed by atoms with Crippen LogP contribution in [0.5, 0.6) is 0 Å². The van der Waals surface area contributed by atoms with Crippen LogP contribution >= 0.6 is 0 Å². The monoisotopic (exact) mass is 165 g/mol. The summed E-state index contributed by atoms with van der Waals surface area (Å²) in [6.07, 6.45) is 3.77. The fourth-order valence-corrected chi connectivity index (χ4v) is 0.775. The van der Waals surface area contributed by atoms with Crippen molar-refractivity contribution in [2.24, 2.45) is 5.10 Å². The first-order valence-electron chi connectivity index (χ1n) is 4.07. The lowest BCUT2D eigenvalue weighted by molar-refractivity contribution is 0.439. The molecule has 0 saturated carbocycles. The summed E-state index contributed by atoms with van der Waals surface area (Å²) in [4.78, 5) is 0. The summed E-state index contributed by atoms with van der Waals surface area (Å²) in [6, 6.07) is 0.